The van der Waals surface area contributed by atoms with E-state index in [1.807, 2.05) is 6.92 Å². The Labute approximate surface area is 54.2 Å². The third-order valence-electron chi connectivity index (χ3n) is 2.23. The zero-order valence-electron chi connectivity index (χ0n) is 5.46. The van der Waals surface area contributed by atoms with Gasteiger partial charge in [-0.3, -0.25) is 4.79 Å². The fourth-order valence-corrected chi connectivity index (χ4v) is 1.45. The van der Waals surface area contributed by atoms with E-state index in [2.05, 4.69) is 0 Å². The maximum absolute atomic E-state index is 11.0. The Morgan fingerprint density at radius 1 is 1.56 bits per heavy atom. The molecule has 2 nitrogen and oxygen atoms in total. The highest BCUT2D eigenvalue weighted by molar-refractivity contribution is 5.88. The molecule has 1 aliphatic carbocycles. The van der Waals surface area contributed by atoms with E-state index in [0.717, 1.165) is 12.8 Å². The smallest absolute Gasteiger partial charge is 0.167 e. The molecule has 1 aliphatic heterocycles. The van der Waals surface area contributed by atoms with E-state index in [9.17, 15) is 4.79 Å². The number of Topliss-reactive ketones (excluding diaryl/α,β-unsaturated/α-hetero) is 1. The minimum Gasteiger partial charge on any atom is -0.361 e. The summed E-state index contributed by atoms with van der Waals surface area (Å²) in [4.78, 5) is 11.0. The quantitative estimate of drug-likeness (QED) is 0.448. The van der Waals surface area contributed by atoms with Crippen molar-refractivity contribution in [2.24, 2.45) is 5.92 Å². The first kappa shape index (κ1) is 5.42. The summed E-state index contributed by atoms with van der Waals surface area (Å²) in [7, 11) is 0. The van der Waals surface area contributed by atoms with Crippen molar-refractivity contribution in [1.82, 2.24) is 0 Å². The second kappa shape index (κ2) is 1.57. The molecular weight excluding hydrogens is 116 g/mol. The summed E-state index contributed by atoms with van der Waals surface area (Å²) in [5.41, 5.74) is 0. The van der Waals surface area contributed by atoms with Crippen molar-refractivity contribution >= 4 is 5.78 Å². The van der Waals surface area contributed by atoms with Gasteiger partial charge in [0.2, 0.25) is 0 Å². The summed E-state index contributed by atoms with van der Waals surface area (Å²) in [6.07, 6.45) is 2.44. The van der Waals surface area contributed by atoms with Crippen molar-refractivity contribution in [2.75, 3.05) is 0 Å². The number of carbonyl (C=O) groups excluding carboxylic acids is 1. The predicted molar refractivity (Wildman–Crippen MR) is 32.1 cm³/mol. The van der Waals surface area contributed by atoms with Gasteiger partial charge in [-0.05, 0) is 12.8 Å². The number of carbonyl (C=O) groups is 1. The zero-order chi connectivity index (χ0) is 6.43. The van der Waals surface area contributed by atoms with Gasteiger partial charge in [0.05, 0.1) is 6.10 Å². The number of ether oxygens (including phenoxy) is 1. The highest BCUT2D eigenvalue weighted by atomic mass is 16.6. The normalized spacial score (nSPS) is 48.6. The first-order valence-corrected chi connectivity index (χ1v) is 3.48. The Morgan fingerprint density at radius 2 is 2.33 bits per heavy atom. The molecule has 1 saturated heterocycles. The molecule has 3 atom stereocenters. The van der Waals surface area contributed by atoms with Crippen molar-refractivity contribution in [2.45, 2.75) is 32.0 Å². The third-order valence-corrected chi connectivity index (χ3v) is 2.23. The summed E-state index contributed by atoms with van der Waals surface area (Å²) in [6, 6.07) is 0. The lowest BCUT2D eigenvalue weighted by Crippen LogP contribution is -2.23. The highest BCUT2D eigenvalue weighted by Crippen LogP contribution is 2.36. The van der Waals surface area contributed by atoms with Crippen LogP contribution in [0.5, 0.6) is 0 Å². The maximum Gasteiger partial charge on any atom is 0.167 e. The SMILES string of the molecule is C[C@@H]1CC[C@@H]2O[C@@H]2C1=O. The Hall–Kier alpha value is -0.370. The number of ketones is 1. The molecule has 1 heterocycles. The lowest BCUT2D eigenvalue weighted by molar-refractivity contribution is -0.124. The molecule has 2 fully saturated rings. The van der Waals surface area contributed by atoms with E-state index in [-0.39, 0.29) is 12.0 Å². The van der Waals surface area contributed by atoms with Crippen LogP contribution in [0.2, 0.25) is 0 Å². The molecule has 0 amide bonds. The Bertz CT molecular complexity index is 149. The van der Waals surface area contributed by atoms with Gasteiger partial charge in [0.1, 0.15) is 6.10 Å². The second-order valence-electron chi connectivity index (χ2n) is 2.98. The molecule has 0 bridgehead atoms. The lowest BCUT2D eigenvalue weighted by Gasteiger charge is -2.10. The zero-order valence-corrected chi connectivity index (χ0v) is 5.46. The molecule has 0 N–H and O–H groups in total. The first-order chi connectivity index (χ1) is 4.29. The second-order valence-corrected chi connectivity index (χ2v) is 2.98. The van der Waals surface area contributed by atoms with Gasteiger partial charge < -0.3 is 4.74 Å². The molecule has 0 radical (unpaired) electrons. The van der Waals surface area contributed by atoms with Crippen LogP contribution in [0, 0.1) is 5.92 Å². The van der Waals surface area contributed by atoms with Crippen LogP contribution < -0.4 is 0 Å². The molecule has 1 saturated carbocycles. The molecule has 0 aromatic carbocycles. The van der Waals surface area contributed by atoms with Crippen molar-refractivity contribution in [3.8, 4) is 0 Å². The molecule has 0 aromatic rings. The van der Waals surface area contributed by atoms with Gasteiger partial charge in [-0.15, -0.1) is 0 Å². The average Bonchev–Trinajstić information content (AvgIpc) is 2.58. The Morgan fingerprint density at radius 3 is 3.00 bits per heavy atom. The standard InChI is InChI=1S/C7H10O2/c1-4-2-3-5-7(9-5)6(4)8/h4-5,7H,2-3H2,1H3/t4-,5+,7+/m1/s1. The third kappa shape index (κ3) is 0.697. The van der Waals surface area contributed by atoms with E-state index in [0.29, 0.717) is 11.9 Å². The van der Waals surface area contributed by atoms with Crippen LogP contribution >= 0.6 is 0 Å². The summed E-state index contributed by atoms with van der Waals surface area (Å²) < 4.78 is 5.11. The van der Waals surface area contributed by atoms with Crippen LogP contribution in [0.25, 0.3) is 0 Å². The lowest BCUT2D eigenvalue weighted by atomic mass is 9.90. The minimum absolute atomic E-state index is 0.00810. The predicted octanol–water partition coefficient (Wildman–Crippen LogP) is 0.753. The Kier molecular flexibility index (Phi) is 0.943. The number of hydrogen-bond acceptors (Lipinski definition) is 2. The van der Waals surface area contributed by atoms with Crippen LogP contribution in [0.3, 0.4) is 0 Å². The number of fused-ring (bicyclic) bond motifs is 1. The average molecular weight is 126 g/mol. The summed E-state index contributed by atoms with van der Waals surface area (Å²) in [5.74, 6) is 0.583. The monoisotopic (exact) mass is 126 g/mol. The van der Waals surface area contributed by atoms with Crippen molar-refractivity contribution in [3.05, 3.63) is 0 Å². The fraction of sp³-hybridized carbons (Fsp3) is 0.857. The number of hydrogen-bond donors (Lipinski definition) is 0. The van der Waals surface area contributed by atoms with E-state index in [1.165, 1.54) is 0 Å². The summed E-state index contributed by atoms with van der Waals surface area (Å²) in [6.45, 7) is 1.99. The van der Waals surface area contributed by atoms with Crippen molar-refractivity contribution in [1.29, 1.82) is 0 Å². The van der Waals surface area contributed by atoms with Crippen LogP contribution in [0.15, 0.2) is 0 Å². The van der Waals surface area contributed by atoms with E-state index >= 15 is 0 Å². The largest absolute Gasteiger partial charge is 0.361 e. The molecule has 0 unspecified atom stereocenters. The fourth-order valence-electron chi connectivity index (χ4n) is 1.45. The molecule has 2 heteroatoms. The highest BCUT2D eigenvalue weighted by Gasteiger charge is 2.49. The van der Waals surface area contributed by atoms with Gasteiger partial charge in [0.15, 0.2) is 5.78 Å². The molecule has 2 rings (SSSR count). The van der Waals surface area contributed by atoms with E-state index in [4.69, 9.17) is 4.74 Å². The van der Waals surface area contributed by atoms with Gasteiger partial charge in [0.25, 0.3) is 0 Å². The molecule has 2 aliphatic rings. The Balaban J connectivity index is 2.10. The van der Waals surface area contributed by atoms with Gasteiger partial charge in [0, 0.05) is 5.92 Å². The van der Waals surface area contributed by atoms with Gasteiger partial charge in [-0.2, -0.15) is 0 Å². The van der Waals surface area contributed by atoms with Gasteiger partial charge >= 0.3 is 0 Å². The molecule has 0 aromatic heterocycles. The molecule has 0 spiro atoms. The number of rotatable bonds is 0. The van der Waals surface area contributed by atoms with Crippen molar-refractivity contribution in [3.63, 3.8) is 0 Å². The van der Waals surface area contributed by atoms with Gasteiger partial charge in [-0.1, -0.05) is 6.92 Å². The maximum atomic E-state index is 11.0. The number of epoxide rings is 1. The van der Waals surface area contributed by atoms with Gasteiger partial charge in [-0.25, -0.2) is 0 Å². The van der Waals surface area contributed by atoms with Crippen molar-refractivity contribution < 1.29 is 9.53 Å². The van der Waals surface area contributed by atoms with Crippen LogP contribution in [-0.4, -0.2) is 18.0 Å². The van der Waals surface area contributed by atoms with E-state index < -0.39 is 0 Å². The molecular formula is C7H10O2. The summed E-state index contributed by atoms with van der Waals surface area (Å²) >= 11 is 0. The van der Waals surface area contributed by atoms with Crippen LogP contribution in [0.4, 0.5) is 0 Å². The van der Waals surface area contributed by atoms with Crippen LogP contribution in [0.1, 0.15) is 19.8 Å². The summed E-state index contributed by atoms with van der Waals surface area (Å²) in [5, 5.41) is 0. The first-order valence-electron chi connectivity index (χ1n) is 3.48. The topological polar surface area (TPSA) is 29.6 Å². The molecule has 9 heavy (non-hydrogen) atoms. The molecule has 50 valence electrons. The van der Waals surface area contributed by atoms with Crippen LogP contribution in [-0.2, 0) is 9.53 Å². The minimum atomic E-state index is 0.00810. The van der Waals surface area contributed by atoms with E-state index in [1.54, 1.807) is 0 Å².